The van der Waals surface area contributed by atoms with Crippen LogP contribution in [0.2, 0.25) is 0 Å². The molecule has 21 heavy (non-hydrogen) atoms. The van der Waals surface area contributed by atoms with Crippen LogP contribution in [0, 0.1) is 0 Å². The summed E-state index contributed by atoms with van der Waals surface area (Å²) in [6, 6.07) is 0. The normalized spacial score (nSPS) is 31.1. The summed E-state index contributed by atoms with van der Waals surface area (Å²) in [6.07, 6.45) is 0.0136. The second-order valence-electron chi connectivity index (χ2n) is 6.34. The predicted molar refractivity (Wildman–Crippen MR) is 81.8 cm³/mol. The molecular weight excluding hydrogens is 338 g/mol. The maximum atomic E-state index is 12.7. The van der Waals surface area contributed by atoms with Gasteiger partial charge in [-0.15, -0.1) is 11.6 Å². The van der Waals surface area contributed by atoms with Crippen molar-refractivity contribution >= 4 is 31.5 Å². The van der Waals surface area contributed by atoms with Crippen LogP contribution >= 0.6 is 11.6 Å². The molecule has 2 aliphatic heterocycles. The summed E-state index contributed by atoms with van der Waals surface area (Å²) in [5.41, 5.74) is -0.592. The first kappa shape index (κ1) is 17.5. The highest BCUT2D eigenvalue weighted by molar-refractivity contribution is 7.92. The van der Waals surface area contributed by atoms with Crippen molar-refractivity contribution in [2.45, 2.75) is 43.6 Å². The summed E-state index contributed by atoms with van der Waals surface area (Å²) in [4.78, 5) is 0. The van der Waals surface area contributed by atoms with E-state index in [-0.39, 0.29) is 49.4 Å². The topological polar surface area (TPSA) is 80.8 Å². The number of sulfone groups is 1. The molecule has 0 aromatic rings. The van der Waals surface area contributed by atoms with Crippen molar-refractivity contribution in [1.82, 2.24) is 4.31 Å². The van der Waals surface area contributed by atoms with Crippen LogP contribution in [0.1, 0.15) is 26.7 Å². The van der Waals surface area contributed by atoms with E-state index >= 15 is 0 Å². The molecule has 124 valence electrons. The van der Waals surface area contributed by atoms with E-state index in [4.69, 9.17) is 16.3 Å². The molecule has 0 aliphatic carbocycles. The van der Waals surface area contributed by atoms with Gasteiger partial charge >= 0.3 is 0 Å². The largest absolute Gasteiger partial charge is 0.368 e. The maximum absolute atomic E-state index is 12.7. The molecule has 9 heteroatoms. The molecule has 6 nitrogen and oxygen atoms in total. The van der Waals surface area contributed by atoms with Gasteiger partial charge in [-0.05, 0) is 26.7 Å². The van der Waals surface area contributed by atoms with Crippen molar-refractivity contribution in [2.75, 3.05) is 30.5 Å². The molecule has 0 amide bonds. The Morgan fingerprint density at radius 3 is 2.38 bits per heavy atom. The zero-order chi connectivity index (χ0) is 15.9. The van der Waals surface area contributed by atoms with Crippen LogP contribution in [0.4, 0.5) is 0 Å². The maximum Gasteiger partial charge on any atom is 0.217 e. The van der Waals surface area contributed by atoms with E-state index in [1.807, 2.05) is 13.8 Å². The Balaban J connectivity index is 2.15. The Morgan fingerprint density at radius 2 is 1.86 bits per heavy atom. The third kappa shape index (κ3) is 4.10. The van der Waals surface area contributed by atoms with Crippen LogP contribution in [0.25, 0.3) is 0 Å². The quantitative estimate of drug-likeness (QED) is 0.690. The number of ether oxygens (including phenoxy) is 1. The molecule has 0 aromatic carbocycles. The fourth-order valence-electron chi connectivity index (χ4n) is 2.89. The zero-order valence-corrected chi connectivity index (χ0v) is 14.7. The molecule has 2 fully saturated rings. The molecule has 0 radical (unpaired) electrons. The third-order valence-corrected chi connectivity index (χ3v) is 8.28. The summed E-state index contributed by atoms with van der Waals surface area (Å²) in [6.45, 7) is 4.17. The molecule has 0 bridgehead atoms. The minimum atomic E-state index is -3.52. The van der Waals surface area contributed by atoms with E-state index in [9.17, 15) is 16.8 Å². The number of halogens is 1. The number of rotatable bonds is 3. The second kappa shape index (κ2) is 5.96. The zero-order valence-electron chi connectivity index (χ0n) is 12.3. The smallest absolute Gasteiger partial charge is 0.217 e. The first-order valence-electron chi connectivity index (χ1n) is 6.99. The van der Waals surface area contributed by atoms with Gasteiger partial charge in [0, 0.05) is 19.0 Å². The van der Waals surface area contributed by atoms with Gasteiger partial charge in [0.15, 0.2) is 0 Å². The van der Waals surface area contributed by atoms with Gasteiger partial charge in [0.25, 0.3) is 0 Å². The Bertz CT molecular complexity index is 573. The van der Waals surface area contributed by atoms with E-state index in [0.717, 1.165) is 0 Å². The van der Waals surface area contributed by atoms with Gasteiger partial charge in [-0.2, -0.15) is 4.31 Å². The lowest BCUT2D eigenvalue weighted by Gasteiger charge is -2.43. The predicted octanol–water partition coefficient (Wildman–Crippen LogP) is 0.612. The molecule has 2 heterocycles. The van der Waals surface area contributed by atoms with Crippen molar-refractivity contribution < 1.29 is 21.6 Å². The van der Waals surface area contributed by atoms with Crippen molar-refractivity contribution in [3.63, 3.8) is 0 Å². The van der Waals surface area contributed by atoms with Gasteiger partial charge in [-0.25, -0.2) is 16.8 Å². The number of sulfonamides is 1. The molecule has 2 aliphatic rings. The van der Waals surface area contributed by atoms with Crippen molar-refractivity contribution in [3.05, 3.63) is 0 Å². The Labute approximate surface area is 131 Å². The van der Waals surface area contributed by atoms with Crippen LogP contribution < -0.4 is 0 Å². The Morgan fingerprint density at radius 1 is 1.29 bits per heavy atom. The fourth-order valence-corrected chi connectivity index (χ4v) is 6.96. The van der Waals surface area contributed by atoms with E-state index in [1.165, 1.54) is 4.31 Å². The monoisotopic (exact) mass is 359 g/mol. The van der Waals surface area contributed by atoms with Crippen molar-refractivity contribution in [1.29, 1.82) is 0 Å². The van der Waals surface area contributed by atoms with Gasteiger partial charge in [0.1, 0.15) is 9.84 Å². The molecule has 0 spiro atoms. The standard InChI is InChI=1S/C12H22ClNO5S2/c1-12(2)9-14(8-10(7-13)19-12)21(17,18)11-3-5-20(15,16)6-4-11/h10-11H,3-9H2,1-2H3. The molecule has 1 atom stereocenters. The summed E-state index contributed by atoms with van der Waals surface area (Å²) in [7, 11) is -6.59. The highest BCUT2D eigenvalue weighted by Gasteiger charge is 2.43. The molecule has 0 saturated carbocycles. The van der Waals surface area contributed by atoms with Gasteiger partial charge in [-0.3, -0.25) is 0 Å². The van der Waals surface area contributed by atoms with Crippen LogP contribution in [0.5, 0.6) is 0 Å². The first-order chi connectivity index (χ1) is 9.56. The molecule has 1 unspecified atom stereocenters. The van der Waals surface area contributed by atoms with Gasteiger partial charge in [-0.1, -0.05) is 0 Å². The number of nitrogens with zero attached hydrogens (tertiary/aromatic N) is 1. The molecular formula is C12H22ClNO5S2. The Hall–Kier alpha value is 0.110. The summed E-state index contributed by atoms with van der Waals surface area (Å²) in [5.74, 6) is 0.127. The minimum Gasteiger partial charge on any atom is -0.368 e. The number of morpholine rings is 1. The highest BCUT2D eigenvalue weighted by Crippen LogP contribution is 2.28. The summed E-state index contributed by atoms with van der Waals surface area (Å²) in [5, 5.41) is -0.620. The SMILES string of the molecule is CC1(C)CN(S(=O)(=O)C2CCS(=O)(=O)CC2)CC(CCl)O1. The van der Waals surface area contributed by atoms with Gasteiger partial charge in [0.2, 0.25) is 10.0 Å². The van der Waals surface area contributed by atoms with E-state index in [2.05, 4.69) is 0 Å². The lowest BCUT2D eigenvalue weighted by atomic mass is 10.1. The summed E-state index contributed by atoms with van der Waals surface area (Å²) < 4.78 is 55.5. The average Bonchev–Trinajstić information content (AvgIpc) is 2.36. The van der Waals surface area contributed by atoms with Crippen LogP contribution in [-0.2, 0) is 24.6 Å². The second-order valence-corrected chi connectivity index (χ2v) is 11.2. The lowest BCUT2D eigenvalue weighted by Crippen LogP contribution is -2.57. The first-order valence-corrected chi connectivity index (χ1v) is 10.8. The third-order valence-electron chi connectivity index (χ3n) is 3.90. The van der Waals surface area contributed by atoms with Crippen molar-refractivity contribution in [3.8, 4) is 0 Å². The van der Waals surface area contributed by atoms with E-state index in [0.29, 0.717) is 0 Å². The lowest BCUT2D eigenvalue weighted by molar-refractivity contribution is -0.108. The van der Waals surface area contributed by atoms with E-state index in [1.54, 1.807) is 0 Å². The number of alkyl halides is 1. The molecule has 2 saturated heterocycles. The van der Waals surface area contributed by atoms with Gasteiger partial charge < -0.3 is 4.74 Å². The van der Waals surface area contributed by atoms with Crippen molar-refractivity contribution in [2.24, 2.45) is 0 Å². The van der Waals surface area contributed by atoms with E-state index < -0.39 is 30.7 Å². The fraction of sp³-hybridized carbons (Fsp3) is 1.00. The minimum absolute atomic E-state index is 0.0520. The van der Waals surface area contributed by atoms with Crippen LogP contribution in [0.3, 0.4) is 0 Å². The molecule has 0 aromatic heterocycles. The number of hydrogen-bond acceptors (Lipinski definition) is 5. The molecule has 2 rings (SSSR count). The number of hydrogen-bond donors (Lipinski definition) is 0. The summed E-state index contributed by atoms with van der Waals surface area (Å²) >= 11 is 5.82. The van der Waals surface area contributed by atoms with Gasteiger partial charge in [0.05, 0.1) is 28.5 Å². The molecule has 0 N–H and O–H groups in total. The van der Waals surface area contributed by atoms with Crippen LogP contribution in [0.15, 0.2) is 0 Å². The average molecular weight is 360 g/mol. The highest BCUT2D eigenvalue weighted by atomic mass is 35.5. The van der Waals surface area contributed by atoms with Crippen LogP contribution in [-0.4, -0.2) is 68.6 Å². The Kier molecular flexibility index (Phi) is 4.95.